The number of amides is 1. The molecule has 3 rings (SSSR count). The van der Waals surface area contributed by atoms with E-state index in [9.17, 15) is 4.79 Å². The van der Waals surface area contributed by atoms with E-state index in [0.717, 1.165) is 62.7 Å². The predicted octanol–water partition coefficient (Wildman–Crippen LogP) is 2.71. The highest BCUT2D eigenvalue weighted by Gasteiger charge is 2.44. The topological polar surface area (TPSA) is 54.5 Å². The summed E-state index contributed by atoms with van der Waals surface area (Å²) in [5.41, 5.74) is 0.742. The van der Waals surface area contributed by atoms with Gasteiger partial charge in [-0.1, -0.05) is 26.2 Å². The zero-order chi connectivity index (χ0) is 17.0. The third kappa shape index (κ3) is 3.81. The summed E-state index contributed by atoms with van der Waals surface area (Å²) < 4.78 is 5.49. The molecule has 0 bridgehead atoms. The smallest absolute Gasteiger partial charge is 0.240 e. The Morgan fingerprint density at radius 1 is 1.38 bits per heavy atom. The van der Waals surface area contributed by atoms with Crippen molar-refractivity contribution in [2.45, 2.75) is 57.4 Å². The zero-order valence-electron chi connectivity index (χ0n) is 14.8. The van der Waals surface area contributed by atoms with Crippen LogP contribution in [0.2, 0.25) is 0 Å². The van der Waals surface area contributed by atoms with Gasteiger partial charge in [0.25, 0.3) is 0 Å². The van der Waals surface area contributed by atoms with E-state index < -0.39 is 0 Å². The molecule has 1 saturated heterocycles. The Balaban J connectivity index is 1.65. The van der Waals surface area contributed by atoms with Crippen LogP contribution in [-0.2, 0) is 9.53 Å². The van der Waals surface area contributed by atoms with Crippen LogP contribution in [0.1, 0.15) is 55.6 Å². The monoisotopic (exact) mass is 351 g/mol. The number of nitrogens with zero attached hydrogens (tertiary/aromatic N) is 2. The molecule has 1 aromatic heterocycles. The molecule has 24 heavy (non-hydrogen) atoms. The highest BCUT2D eigenvalue weighted by Crippen LogP contribution is 2.34. The van der Waals surface area contributed by atoms with Gasteiger partial charge in [-0.3, -0.25) is 9.69 Å². The number of morpholine rings is 1. The molecule has 134 valence electrons. The second-order valence-corrected chi connectivity index (χ2v) is 8.02. The second-order valence-electron chi connectivity index (χ2n) is 7.13. The molecule has 1 atom stereocenters. The zero-order valence-corrected chi connectivity index (χ0v) is 15.7. The summed E-state index contributed by atoms with van der Waals surface area (Å²) in [6.07, 6.45) is 5.49. The summed E-state index contributed by atoms with van der Waals surface area (Å²) >= 11 is 1.68. The van der Waals surface area contributed by atoms with Gasteiger partial charge in [0.1, 0.15) is 5.54 Å². The average molecular weight is 352 g/mol. The van der Waals surface area contributed by atoms with Gasteiger partial charge in [-0.2, -0.15) is 0 Å². The van der Waals surface area contributed by atoms with E-state index in [2.05, 4.69) is 27.5 Å². The molecule has 1 N–H and O–H groups in total. The van der Waals surface area contributed by atoms with Gasteiger partial charge in [-0.25, -0.2) is 4.98 Å². The molecule has 0 spiro atoms. The lowest BCUT2D eigenvalue weighted by Gasteiger charge is -2.46. The first-order valence-corrected chi connectivity index (χ1v) is 10.0. The maximum Gasteiger partial charge on any atom is 0.240 e. The largest absolute Gasteiger partial charge is 0.379 e. The van der Waals surface area contributed by atoms with Crippen LogP contribution < -0.4 is 5.32 Å². The lowest BCUT2D eigenvalue weighted by molar-refractivity contribution is -0.140. The van der Waals surface area contributed by atoms with Crippen LogP contribution in [0.15, 0.2) is 5.38 Å². The fourth-order valence-corrected chi connectivity index (χ4v) is 4.77. The summed E-state index contributed by atoms with van der Waals surface area (Å²) in [6, 6.07) is 0. The number of aromatic nitrogens is 1. The maximum absolute atomic E-state index is 13.1. The molecule has 1 saturated carbocycles. The molecule has 0 unspecified atom stereocenters. The number of hydrogen-bond acceptors (Lipinski definition) is 5. The van der Waals surface area contributed by atoms with E-state index in [1.807, 2.05) is 6.92 Å². The first-order chi connectivity index (χ1) is 11.6. The molecular weight excluding hydrogens is 322 g/mol. The Kier molecular flexibility index (Phi) is 5.89. The van der Waals surface area contributed by atoms with Gasteiger partial charge in [-0.05, 0) is 19.8 Å². The van der Waals surface area contributed by atoms with Crippen molar-refractivity contribution in [1.82, 2.24) is 15.2 Å². The van der Waals surface area contributed by atoms with Crippen LogP contribution in [0.25, 0.3) is 0 Å². The van der Waals surface area contributed by atoms with Crippen LogP contribution in [0.4, 0.5) is 0 Å². The Morgan fingerprint density at radius 3 is 2.71 bits per heavy atom. The maximum atomic E-state index is 13.1. The highest BCUT2D eigenvalue weighted by molar-refractivity contribution is 7.09. The Morgan fingerprint density at radius 2 is 2.08 bits per heavy atom. The number of carbonyl (C=O) groups is 1. The highest BCUT2D eigenvalue weighted by atomic mass is 32.1. The minimum atomic E-state index is -0.319. The van der Waals surface area contributed by atoms with Crippen molar-refractivity contribution in [2.75, 3.05) is 32.8 Å². The quantitative estimate of drug-likeness (QED) is 0.886. The predicted molar refractivity (Wildman–Crippen MR) is 96.5 cm³/mol. The summed E-state index contributed by atoms with van der Waals surface area (Å²) in [6.45, 7) is 8.04. The van der Waals surface area contributed by atoms with Crippen molar-refractivity contribution >= 4 is 17.2 Å². The van der Waals surface area contributed by atoms with Crippen LogP contribution in [-0.4, -0.2) is 54.2 Å². The van der Waals surface area contributed by atoms with Crippen LogP contribution in [0, 0.1) is 6.92 Å². The third-order valence-electron chi connectivity index (χ3n) is 5.35. The Hall–Kier alpha value is -0.980. The molecule has 1 aliphatic heterocycles. The van der Waals surface area contributed by atoms with E-state index in [-0.39, 0.29) is 17.4 Å². The lowest BCUT2D eigenvalue weighted by Crippen LogP contribution is -2.62. The molecule has 0 radical (unpaired) electrons. The SMILES string of the molecule is Cc1csc([C@@H](C)CNC(=O)C2(N3CCOCC3)CCCCC2)n1. The first-order valence-electron chi connectivity index (χ1n) is 9.15. The van der Waals surface area contributed by atoms with Crippen molar-refractivity contribution < 1.29 is 9.53 Å². The van der Waals surface area contributed by atoms with Crippen molar-refractivity contribution in [2.24, 2.45) is 0 Å². The number of thiazole rings is 1. The Bertz CT molecular complexity index is 548. The average Bonchev–Trinajstić information content (AvgIpc) is 3.07. The van der Waals surface area contributed by atoms with Crippen molar-refractivity contribution in [1.29, 1.82) is 0 Å². The van der Waals surface area contributed by atoms with Crippen molar-refractivity contribution in [3.05, 3.63) is 16.1 Å². The van der Waals surface area contributed by atoms with E-state index in [0.29, 0.717) is 6.54 Å². The molecule has 0 aromatic carbocycles. The van der Waals surface area contributed by atoms with Crippen LogP contribution in [0.3, 0.4) is 0 Å². The lowest BCUT2D eigenvalue weighted by atomic mass is 9.79. The van der Waals surface area contributed by atoms with Crippen molar-refractivity contribution in [3.63, 3.8) is 0 Å². The molecular formula is C18H29N3O2S. The molecule has 2 fully saturated rings. The summed E-state index contributed by atoms with van der Waals surface area (Å²) in [4.78, 5) is 20.1. The minimum Gasteiger partial charge on any atom is -0.379 e. The van der Waals surface area contributed by atoms with Gasteiger partial charge in [0.15, 0.2) is 0 Å². The summed E-state index contributed by atoms with van der Waals surface area (Å²) in [5, 5.41) is 6.42. The third-order valence-corrected chi connectivity index (χ3v) is 6.54. The molecule has 2 aliphatic rings. The fraction of sp³-hybridized carbons (Fsp3) is 0.778. The number of aryl methyl sites for hydroxylation is 1. The van der Waals surface area contributed by atoms with Gasteiger partial charge >= 0.3 is 0 Å². The van der Waals surface area contributed by atoms with Gasteiger partial charge in [0.05, 0.1) is 18.2 Å². The van der Waals surface area contributed by atoms with E-state index in [4.69, 9.17) is 4.74 Å². The van der Waals surface area contributed by atoms with E-state index in [1.54, 1.807) is 11.3 Å². The normalized spacial score (nSPS) is 22.9. The van der Waals surface area contributed by atoms with Crippen molar-refractivity contribution in [3.8, 4) is 0 Å². The van der Waals surface area contributed by atoms with E-state index >= 15 is 0 Å². The van der Waals surface area contributed by atoms with Gasteiger partial charge in [-0.15, -0.1) is 11.3 Å². The van der Waals surface area contributed by atoms with E-state index in [1.165, 1.54) is 6.42 Å². The summed E-state index contributed by atoms with van der Waals surface area (Å²) in [7, 11) is 0. The van der Waals surface area contributed by atoms with Gasteiger partial charge in [0.2, 0.25) is 5.91 Å². The number of carbonyl (C=O) groups excluding carboxylic acids is 1. The van der Waals surface area contributed by atoms with Gasteiger partial charge in [0, 0.05) is 36.6 Å². The van der Waals surface area contributed by atoms with Gasteiger partial charge < -0.3 is 10.1 Å². The number of hydrogen-bond donors (Lipinski definition) is 1. The van der Waals surface area contributed by atoms with Crippen LogP contribution >= 0.6 is 11.3 Å². The molecule has 1 aliphatic carbocycles. The first kappa shape index (κ1) is 17.8. The molecule has 6 heteroatoms. The number of nitrogens with one attached hydrogen (secondary N) is 1. The molecule has 5 nitrogen and oxygen atoms in total. The van der Waals surface area contributed by atoms with Crippen LogP contribution in [0.5, 0.6) is 0 Å². The Labute approximate surface area is 148 Å². The second kappa shape index (κ2) is 7.93. The minimum absolute atomic E-state index is 0.212. The number of ether oxygens (including phenoxy) is 1. The molecule has 2 heterocycles. The number of rotatable bonds is 5. The standard InChI is InChI=1S/C18H29N3O2S/c1-14(16-20-15(2)13-24-16)12-19-17(22)18(6-4-3-5-7-18)21-8-10-23-11-9-21/h13-14H,3-12H2,1-2H3,(H,19,22)/t14-/m0/s1. The fourth-order valence-electron chi connectivity index (χ4n) is 3.91. The molecule has 1 amide bonds. The summed E-state index contributed by atoms with van der Waals surface area (Å²) in [5.74, 6) is 0.474. The molecule has 1 aromatic rings.